The molecule has 1 spiro atoms. The third-order valence-electron chi connectivity index (χ3n) is 4.45. The molecule has 1 N–H and O–H groups in total. The number of aromatic nitrogens is 4. The van der Waals surface area contributed by atoms with Gasteiger partial charge in [-0.05, 0) is 18.9 Å². The summed E-state index contributed by atoms with van der Waals surface area (Å²) in [5.74, 6) is -0.0198. The van der Waals surface area contributed by atoms with Crippen molar-refractivity contribution in [2.75, 3.05) is 13.2 Å². The summed E-state index contributed by atoms with van der Waals surface area (Å²) in [7, 11) is 1.89. The van der Waals surface area contributed by atoms with Gasteiger partial charge in [0.2, 0.25) is 5.82 Å². The van der Waals surface area contributed by atoms with E-state index < -0.39 is 0 Å². The Bertz CT molecular complexity index is 714. The Kier molecular flexibility index (Phi) is 2.97. The van der Waals surface area contributed by atoms with Crippen LogP contribution >= 0.6 is 0 Å². The predicted octanol–water partition coefficient (Wildman–Crippen LogP) is 0.786. The fourth-order valence-electron chi connectivity index (χ4n) is 3.18. The Morgan fingerprint density at radius 1 is 1.45 bits per heavy atom. The largest absolute Gasteiger partial charge is 0.380 e. The molecule has 2 aliphatic rings. The van der Waals surface area contributed by atoms with Crippen LogP contribution in [0.5, 0.6) is 0 Å². The number of nitrogens with one attached hydrogen (secondary N) is 1. The summed E-state index contributed by atoms with van der Waals surface area (Å²) in [6.45, 7) is 1.65. The van der Waals surface area contributed by atoms with Crippen LogP contribution in [-0.2, 0) is 11.8 Å². The van der Waals surface area contributed by atoms with E-state index in [9.17, 15) is 4.79 Å². The van der Waals surface area contributed by atoms with Gasteiger partial charge in [0, 0.05) is 24.7 Å². The van der Waals surface area contributed by atoms with Crippen LogP contribution < -0.4 is 5.32 Å². The van der Waals surface area contributed by atoms with E-state index in [4.69, 9.17) is 4.74 Å². The van der Waals surface area contributed by atoms with Crippen molar-refractivity contribution < 1.29 is 9.53 Å². The molecule has 0 unspecified atom stereocenters. The molecule has 7 heteroatoms. The van der Waals surface area contributed by atoms with Gasteiger partial charge in [0.25, 0.3) is 5.91 Å². The second-order valence-electron chi connectivity index (χ2n) is 6.23. The SMILES string of the molecule is Cn1cncc1-c1ccnc(C(=O)NC2CC3(COC3)C2)n1. The minimum Gasteiger partial charge on any atom is -0.380 e. The molecule has 7 nitrogen and oxygen atoms in total. The summed E-state index contributed by atoms with van der Waals surface area (Å²) < 4.78 is 7.10. The topological polar surface area (TPSA) is 81.9 Å². The summed E-state index contributed by atoms with van der Waals surface area (Å²) in [5, 5.41) is 3.00. The fourth-order valence-corrected chi connectivity index (χ4v) is 3.18. The highest BCUT2D eigenvalue weighted by molar-refractivity contribution is 5.91. The Hall–Kier alpha value is -2.28. The van der Waals surface area contributed by atoms with Gasteiger partial charge in [-0.25, -0.2) is 15.0 Å². The highest BCUT2D eigenvalue weighted by atomic mass is 16.5. The number of hydrogen-bond donors (Lipinski definition) is 1. The molecule has 1 saturated heterocycles. The first kappa shape index (κ1) is 13.4. The molecule has 4 rings (SSSR count). The summed E-state index contributed by atoms with van der Waals surface area (Å²) in [6, 6.07) is 1.98. The van der Waals surface area contributed by atoms with Crippen molar-refractivity contribution in [3.63, 3.8) is 0 Å². The summed E-state index contributed by atoms with van der Waals surface area (Å²) in [5.41, 5.74) is 1.87. The van der Waals surface area contributed by atoms with Gasteiger partial charge in [0.1, 0.15) is 0 Å². The van der Waals surface area contributed by atoms with Gasteiger partial charge in [-0.1, -0.05) is 0 Å². The lowest BCUT2D eigenvalue weighted by Gasteiger charge is -2.53. The number of nitrogens with zero attached hydrogens (tertiary/aromatic N) is 4. The van der Waals surface area contributed by atoms with E-state index in [0.29, 0.717) is 11.1 Å². The van der Waals surface area contributed by atoms with Crippen LogP contribution in [0.1, 0.15) is 23.5 Å². The lowest BCUT2D eigenvalue weighted by molar-refractivity contribution is -0.165. The first-order chi connectivity index (χ1) is 10.7. The van der Waals surface area contributed by atoms with Crippen molar-refractivity contribution in [2.24, 2.45) is 12.5 Å². The van der Waals surface area contributed by atoms with E-state index in [2.05, 4.69) is 20.3 Å². The summed E-state index contributed by atoms with van der Waals surface area (Å²) in [4.78, 5) is 24.8. The third kappa shape index (κ3) is 2.18. The van der Waals surface area contributed by atoms with Crippen LogP contribution in [0.2, 0.25) is 0 Å². The molecule has 114 valence electrons. The molecule has 1 aliphatic heterocycles. The molecular weight excluding hydrogens is 282 g/mol. The van der Waals surface area contributed by atoms with Crippen molar-refractivity contribution >= 4 is 5.91 Å². The van der Waals surface area contributed by atoms with E-state index in [0.717, 1.165) is 31.7 Å². The number of imidazole rings is 1. The summed E-state index contributed by atoms with van der Waals surface area (Å²) in [6.07, 6.45) is 6.99. The number of carbonyl (C=O) groups is 1. The number of hydrogen-bond acceptors (Lipinski definition) is 5. The molecule has 0 aromatic carbocycles. The monoisotopic (exact) mass is 299 g/mol. The first-order valence-corrected chi connectivity index (χ1v) is 7.34. The van der Waals surface area contributed by atoms with Gasteiger partial charge in [0.05, 0.1) is 37.1 Å². The molecule has 3 heterocycles. The van der Waals surface area contributed by atoms with Crippen molar-refractivity contribution in [2.45, 2.75) is 18.9 Å². The Labute approximate surface area is 127 Å². The van der Waals surface area contributed by atoms with E-state index >= 15 is 0 Å². The number of rotatable bonds is 3. The predicted molar refractivity (Wildman–Crippen MR) is 78.0 cm³/mol. The molecule has 0 atom stereocenters. The van der Waals surface area contributed by atoms with Crippen LogP contribution in [0, 0.1) is 5.41 Å². The van der Waals surface area contributed by atoms with Crippen molar-refractivity contribution in [1.82, 2.24) is 24.8 Å². The first-order valence-electron chi connectivity index (χ1n) is 7.34. The van der Waals surface area contributed by atoms with Crippen LogP contribution in [0.25, 0.3) is 11.4 Å². The molecule has 1 aliphatic carbocycles. The second-order valence-corrected chi connectivity index (χ2v) is 6.23. The lowest BCUT2D eigenvalue weighted by Crippen LogP contribution is -2.59. The molecule has 2 fully saturated rings. The molecule has 22 heavy (non-hydrogen) atoms. The normalized spacial score (nSPS) is 19.5. The maximum Gasteiger partial charge on any atom is 0.289 e. The van der Waals surface area contributed by atoms with Gasteiger partial charge in [-0.3, -0.25) is 4.79 Å². The minimum absolute atomic E-state index is 0.199. The average Bonchev–Trinajstić information content (AvgIpc) is 2.86. The molecule has 0 bridgehead atoms. The number of amides is 1. The van der Waals surface area contributed by atoms with Gasteiger partial charge < -0.3 is 14.6 Å². The van der Waals surface area contributed by atoms with Crippen molar-refractivity contribution in [1.29, 1.82) is 0 Å². The fraction of sp³-hybridized carbons (Fsp3) is 0.467. The Balaban J connectivity index is 1.46. The maximum atomic E-state index is 12.3. The zero-order chi connectivity index (χ0) is 15.2. The Morgan fingerprint density at radius 2 is 2.27 bits per heavy atom. The van der Waals surface area contributed by atoms with Gasteiger partial charge in [-0.15, -0.1) is 0 Å². The highest BCUT2D eigenvalue weighted by Crippen LogP contribution is 2.46. The average molecular weight is 299 g/mol. The zero-order valence-corrected chi connectivity index (χ0v) is 12.3. The van der Waals surface area contributed by atoms with Crippen LogP contribution in [0.15, 0.2) is 24.8 Å². The maximum absolute atomic E-state index is 12.3. The van der Waals surface area contributed by atoms with Crippen LogP contribution in [0.3, 0.4) is 0 Å². The van der Waals surface area contributed by atoms with Crippen molar-refractivity contribution in [3.8, 4) is 11.4 Å². The van der Waals surface area contributed by atoms with Crippen LogP contribution in [-0.4, -0.2) is 44.7 Å². The molecule has 1 saturated carbocycles. The molecule has 0 radical (unpaired) electrons. The van der Waals surface area contributed by atoms with Gasteiger partial charge in [-0.2, -0.15) is 0 Å². The molecule has 1 amide bonds. The quantitative estimate of drug-likeness (QED) is 0.906. The standard InChI is InChI=1S/C15H17N5O2/c1-20-9-16-6-12(20)11-2-3-17-13(19-11)14(21)18-10-4-15(5-10)7-22-8-15/h2-3,6,9-10H,4-5,7-8H2,1H3,(H,18,21). The summed E-state index contributed by atoms with van der Waals surface area (Å²) >= 11 is 0. The number of carbonyl (C=O) groups excluding carboxylic acids is 1. The van der Waals surface area contributed by atoms with Crippen LogP contribution in [0.4, 0.5) is 0 Å². The van der Waals surface area contributed by atoms with Crippen molar-refractivity contribution in [3.05, 3.63) is 30.6 Å². The smallest absolute Gasteiger partial charge is 0.289 e. The van der Waals surface area contributed by atoms with Gasteiger partial charge >= 0.3 is 0 Å². The molecule has 2 aromatic rings. The van der Waals surface area contributed by atoms with E-state index in [-0.39, 0.29) is 17.8 Å². The zero-order valence-electron chi connectivity index (χ0n) is 12.3. The lowest BCUT2D eigenvalue weighted by atomic mass is 9.64. The van der Waals surface area contributed by atoms with E-state index in [1.807, 2.05) is 11.6 Å². The van der Waals surface area contributed by atoms with E-state index in [1.165, 1.54) is 0 Å². The number of ether oxygens (including phenoxy) is 1. The highest BCUT2D eigenvalue weighted by Gasteiger charge is 2.50. The number of aryl methyl sites for hydroxylation is 1. The van der Waals surface area contributed by atoms with E-state index in [1.54, 1.807) is 24.8 Å². The minimum atomic E-state index is -0.218. The second kappa shape index (κ2) is 4.88. The third-order valence-corrected chi connectivity index (χ3v) is 4.45. The van der Waals surface area contributed by atoms with Gasteiger partial charge in [0.15, 0.2) is 0 Å². The molecular formula is C15H17N5O2. The molecule has 2 aromatic heterocycles. The Morgan fingerprint density at radius 3 is 2.91 bits per heavy atom.